The zero-order valence-corrected chi connectivity index (χ0v) is 31.1. The van der Waals surface area contributed by atoms with Crippen molar-refractivity contribution in [1.82, 2.24) is 19.8 Å². The zero-order valence-electron chi connectivity index (χ0n) is 31.1. The van der Waals surface area contributed by atoms with Gasteiger partial charge in [0.25, 0.3) is 0 Å². The van der Waals surface area contributed by atoms with E-state index in [-0.39, 0.29) is 42.5 Å². The fraction of sp³-hybridized carbons (Fsp3) is 0.500. The van der Waals surface area contributed by atoms with Crippen LogP contribution < -0.4 is 19.7 Å². The Balaban J connectivity index is 1.38. The second kappa shape index (κ2) is 15.2. The van der Waals surface area contributed by atoms with Gasteiger partial charge in [-0.1, -0.05) is 31.4 Å². The molecule has 0 radical (unpaired) electrons. The van der Waals surface area contributed by atoms with Crippen molar-refractivity contribution in [1.29, 1.82) is 0 Å². The quantitative estimate of drug-likeness (QED) is 0.103. The Morgan fingerprint density at radius 1 is 1.25 bits per heavy atom. The van der Waals surface area contributed by atoms with E-state index in [9.17, 15) is 14.0 Å². The number of likely N-dealkylation sites (tertiary alicyclic amines) is 1. The lowest BCUT2D eigenvalue weighted by Gasteiger charge is -2.39. The number of amides is 1. The predicted molar refractivity (Wildman–Crippen MR) is 200 cm³/mol. The number of halogens is 2. The van der Waals surface area contributed by atoms with Gasteiger partial charge in [0.1, 0.15) is 30.2 Å². The summed E-state index contributed by atoms with van der Waals surface area (Å²) in [5.74, 6) is 2.63. The van der Waals surface area contributed by atoms with Gasteiger partial charge in [-0.05, 0) is 70.7 Å². The number of carbonyl (C=O) groups excluding carboxylic acids is 2. The molecule has 0 bridgehead atoms. The molecule has 1 aromatic heterocycles. The predicted octanol–water partition coefficient (Wildman–Crippen LogP) is 6.42. The maximum absolute atomic E-state index is 15.2. The molecule has 1 saturated heterocycles. The van der Waals surface area contributed by atoms with E-state index >= 15 is 4.39 Å². The molecular weight excluding hydrogens is 682 g/mol. The fourth-order valence-electron chi connectivity index (χ4n) is 7.86. The Morgan fingerprint density at radius 3 is 2.66 bits per heavy atom. The second-order valence-electron chi connectivity index (χ2n) is 14.9. The standard InChI is InChI=1S/C40H48F2N6O5/c1-8-29-31(42)13-12-26-18-28(53-38(50)52-25(3)4)19-33(35(26)29)48-17-14-30-32(22-48)44-37(51-24-39(5)20-27(41)21-46(39)6)45-36(30)43-23-40(15-10-11-16-40)47(7)34(49)9-2/h1,9,12-13,18-19,25,27H,2,10-11,14-17,20-24H2,3-7H3,(H,43,44,45)/t27-,39+/m1/s1. The van der Waals surface area contributed by atoms with Gasteiger partial charge in [-0.2, -0.15) is 9.97 Å². The van der Waals surface area contributed by atoms with Crippen LogP contribution in [-0.4, -0.2) is 95.5 Å². The second-order valence-corrected chi connectivity index (χ2v) is 14.9. The number of rotatable bonds is 11. The van der Waals surface area contributed by atoms with E-state index in [1.165, 1.54) is 12.1 Å². The van der Waals surface area contributed by atoms with Gasteiger partial charge in [-0.15, -0.1) is 6.42 Å². The highest BCUT2D eigenvalue weighted by atomic mass is 19.1. The number of terminal acetylenes is 1. The highest BCUT2D eigenvalue weighted by Crippen LogP contribution is 2.40. The van der Waals surface area contributed by atoms with Gasteiger partial charge in [0.15, 0.2) is 0 Å². The molecule has 1 aliphatic carbocycles. The largest absolute Gasteiger partial charge is 0.514 e. The molecule has 2 aromatic carbocycles. The molecule has 3 heterocycles. The molecule has 1 N–H and O–H groups in total. The highest BCUT2D eigenvalue weighted by Gasteiger charge is 2.42. The zero-order chi connectivity index (χ0) is 38.1. The smallest absolute Gasteiger partial charge is 0.461 e. The number of hydrogen-bond donors (Lipinski definition) is 1. The van der Waals surface area contributed by atoms with Crippen molar-refractivity contribution in [3.63, 3.8) is 0 Å². The van der Waals surface area contributed by atoms with Crippen LogP contribution in [-0.2, 0) is 22.5 Å². The fourth-order valence-corrected chi connectivity index (χ4v) is 7.86. The van der Waals surface area contributed by atoms with Crippen molar-refractivity contribution in [3.05, 3.63) is 59.6 Å². The van der Waals surface area contributed by atoms with E-state index in [2.05, 4.69) is 17.8 Å². The van der Waals surface area contributed by atoms with Crippen molar-refractivity contribution in [2.75, 3.05) is 50.6 Å². The van der Waals surface area contributed by atoms with E-state index in [1.807, 2.05) is 30.8 Å². The lowest BCUT2D eigenvalue weighted by molar-refractivity contribution is -0.129. The summed E-state index contributed by atoms with van der Waals surface area (Å²) in [4.78, 5) is 40.8. The average molecular weight is 731 g/mol. The third-order valence-corrected chi connectivity index (χ3v) is 11.0. The molecule has 2 atom stereocenters. The number of anilines is 2. The summed E-state index contributed by atoms with van der Waals surface area (Å²) >= 11 is 0. The van der Waals surface area contributed by atoms with E-state index in [0.717, 1.165) is 31.2 Å². The number of nitrogens with zero attached hydrogens (tertiary/aromatic N) is 5. The van der Waals surface area contributed by atoms with Crippen LogP contribution >= 0.6 is 0 Å². The van der Waals surface area contributed by atoms with E-state index in [4.69, 9.17) is 30.6 Å². The van der Waals surface area contributed by atoms with Gasteiger partial charge in [0, 0.05) is 50.1 Å². The van der Waals surface area contributed by atoms with E-state index in [0.29, 0.717) is 60.4 Å². The first-order valence-corrected chi connectivity index (χ1v) is 18.1. The van der Waals surface area contributed by atoms with Gasteiger partial charge >= 0.3 is 12.2 Å². The molecule has 11 nitrogen and oxygen atoms in total. The molecule has 282 valence electrons. The number of alkyl halides is 1. The molecule has 1 amide bonds. The third-order valence-electron chi connectivity index (χ3n) is 11.0. The summed E-state index contributed by atoms with van der Waals surface area (Å²) in [7, 11) is 3.69. The number of likely N-dealkylation sites (N-methyl/N-ethyl adjacent to an activating group) is 2. The summed E-state index contributed by atoms with van der Waals surface area (Å²) in [6.45, 7) is 10.8. The first-order chi connectivity index (χ1) is 25.3. The van der Waals surface area contributed by atoms with Crippen LogP contribution in [0, 0.1) is 18.2 Å². The molecule has 13 heteroatoms. The van der Waals surface area contributed by atoms with Crippen LogP contribution in [0.1, 0.15) is 69.7 Å². The summed E-state index contributed by atoms with van der Waals surface area (Å²) in [6, 6.07) is 6.31. The molecule has 3 aromatic rings. The van der Waals surface area contributed by atoms with Gasteiger partial charge in [0.2, 0.25) is 5.91 Å². The van der Waals surface area contributed by atoms with Gasteiger partial charge in [0.05, 0.1) is 40.7 Å². The number of nitrogens with one attached hydrogen (secondary N) is 1. The molecule has 3 aliphatic rings. The highest BCUT2D eigenvalue weighted by molar-refractivity contribution is 6.00. The summed E-state index contributed by atoms with van der Waals surface area (Å²) in [5, 5.41) is 4.66. The molecule has 53 heavy (non-hydrogen) atoms. The van der Waals surface area contributed by atoms with Crippen LogP contribution in [0.2, 0.25) is 0 Å². The van der Waals surface area contributed by atoms with Crippen molar-refractivity contribution >= 4 is 34.3 Å². The Labute approximate surface area is 309 Å². The maximum atomic E-state index is 15.2. The molecule has 0 spiro atoms. The number of fused-ring (bicyclic) bond motifs is 2. The SMILES string of the molecule is C#Cc1c(F)ccc2cc(OC(=O)OC(C)C)cc(N3CCc4c(nc(OC[C@]5(C)C[C@@H](F)CN5C)nc4NCC4(N(C)C(=O)C=C)CCCC4)C3)c12. The average Bonchev–Trinajstić information content (AvgIpc) is 3.71. The lowest BCUT2D eigenvalue weighted by atomic mass is 9.94. The molecule has 6 rings (SSSR count). The van der Waals surface area contributed by atoms with Crippen LogP contribution in [0.5, 0.6) is 11.8 Å². The molecular formula is C40H48F2N6O5. The van der Waals surface area contributed by atoms with Crippen LogP contribution in [0.15, 0.2) is 36.9 Å². The molecule has 0 unspecified atom stereocenters. The Kier molecular flexibility index (Phi) is 10.8. The Bertz CT molecular complexity index is 1940. The Morgan fingerprint density at radius 2 is 2.00 bits per heavy atom. The summed E-state index contributed by atoms with van der Waals surface area (Å²) in [5.41, 5.74) is 1.23. The number of ether oxygens (including phenoxy) is 3. The van der Waals surface area contributed by atoms with Gasteiger partial charge in [-0.25, -0.2) is 13.6 Å². The third kappa shape index (κ3) is 7.74. The van der Waals surface area contributed by atoms with Gasteiger partial charge < -0.3 is 29.3 Å². The summed E-state index contributed by atoms with van der Waals surface area (Å²) in [6.07, 6.45) is 9.46. The number of hydrogen-bond acceptors (Lipinski definition) is 10. The first kappa shape index (κ1) is 37.8. The minimum Gasteiger partial charge on any atom is -0.461 e. The monoisotopic (exact) mass is 730 g/mol. The lowest BCUT2D eigenvalue weighted by Crippen LogP contribution is -2.51. The normalized spacial score (nSPS) is 20.9. The molecule has 2 fully saturated rings. The Hall–Kier alpha value is -4.96. The van der Waals surface area contributed by atoms with Crippen molar-refractivity contribution in [2.24, 2.45) is 0 Å². The topological polar surface area (TPSA) is 109 Å². The number of aromatic nitrogens is 2. The van der Waals surface area contributed by atoms with E-state index in [1.54, 1.807) is 36.9 Å². The molecule has 2 aliphatic heterocycles. The van der Waals surface area contributed by atoms with Gasteiger partial charge in [-0.3, -0.25) is 9.69 Å². The van der Waals surface area contributed by atoms with Crippen LogP contribution in [0.4, 0.5) is 25.1 Å². The molecule has 1 saturated carbocycles. The van der Waals surface area contributed by atoms with E-state index < -0.39 is 29.2 Å². The summed E-state index contributed by atoms with van der Waals surface area (Å²) < 4.78 is 46.6. The van der Waals surface area contributed by atoms with Crippen molar-refractivity contribution < 1.29 is 32.6 Å². The van der Waals surface area contributed by atoms with Crippen molar-refractivity contribution in [3.8, 4) is 24.1 Å². The maximum Gasteiger partial charge on any atom is 0.514 e. The number of carbonyl (C=O) groups is 2. The van der Waals surface area contributed by atoms with Crippen molar-refractivity contribution in [2.45, 2.75) is 89.2 Å². The van der Waals surface area contributed by atoms with Crippen LogP contribution in [0.25, 0.3) is 10.8 Å². The van der Waals surface area contributed by atoms with Crippen LogP contribution in [0.3, 0.4) is 0 Å². The first-order valence-electron chi connectivity index (χ1n) is 18.1. The minimum absolute atomic E-state index is 0.0915. The number of benzene rings is 2. The minimum atomic E-state index is -0.957.